The van der Waals surface area contributed by atoms with E-state index in [1.165, 1.54) is 43.6 Å². The minimum Gasteiger partial charge on any atom is -0.406 e. The van der Waals surface area contributed by atoms with Crippen LogP contribution < -0.4 is 4.74 Å². The molecule has 1 amide bonds. The van der Waals surface area contributed by atoms with Crippen molar-refractivity contribution in [3.63, 3.8) is 0 Å². The number of hydrogen-bond acceptors (Lipinski definition) is 4. The number of hydrogen-bond donors (Lipinski definition) is 0. The van der Waals surface area contributed by atoms with Crippen LogP contribution in [0.3, 0.4) is 0 Å². The number of benzene rings is 1. The molecule has 2 atom stereocenters. The summed E-state index contributed by atoms with van der Waals surface area (Å²) in [6, 6.07) is 6.43. The second-order valence-electron chi connectivity index (χ2n) is 9.98. The molecule has 3 saturated heterocycles. The van der Waals surface area contributed by atoms with Crippen molar-refractivity contribution in [1.29, 1.82) is 0 Å². The van der Waals surface area contributed by atoms with Gasteiger partial charge in [0.25, 0.3) is 5.91 Å². The van der Waals surface area contributed by atoms with E-state index in [0.29, 0.717) is 19.1 Å². The zero-order chi connectivity index (χ0) is 25.9. The smallest absolute Gasteiger partial charge is 0.406 e. The molecule has 5 nitrogen and oxygen atoms in total. The van der Waals surface area contributed by atoms with E-state index in [2.05, 4.69) is 27.5 Å². The van der Waals surface area contributed by atoms with Crippen molar-refractivity contribution in [1.82, 2.24) is 14.7 Å². The molecule has 0 aromatic heterocycles. The summed E-state index contributed by atoms with van der Waals surface area (Å²) in [5.74, 6) is -0.00258. The highest BCUT2D eigenvalue weighted by Gasteiger charge is 2.38. The lowest BCUT2D eigenvalue weighted by molar-refractivity contribution is -0.274. The summed E-state index contributed by atoms with van der Waals surface area (Å²) in [6.45, 7) is 11.6. The number of fused-ring (bicyclic) bond motifs is 2. The molecule has 3 aliphatic heterocycles. The van der Waals surface area contributed by atoms with Gasteiger partial charge in [0.15, 0.2) is 0 Å². The molecule has 8 heteroatoms. The van der Waals surface area contributed by atoms with Crippen LogP contribution in [0.5, 0.6) is 5.75 Å². The average Bonchev–Trinajstić information content (AvgIpc) is 3.07. The summed E-state index contributed by atoms with van der Waals surface area (Å²) in [5, 5.41) is 0. The van der Waals surface area contributed by atoms with Crippen LogP contribution in [0.15, 0.2) is 47.2 Å². The van der Waals surface area contributed by atoms with Crippen molar-refractivity contribution in [2.45, 2.75) is 71.8 Å². The highest BCUT2D eigenvalue weighted by atomic mass is 19.4. The first-order valence-electron chi connectivity index (χ1n) is 13.3. The molecule has 4 aliphatic rings. The van der Waals surface area contributed by atoms with E-state index >= 15 is 0 Å². The van der Waals surface area contributed by atoms with Gasteiger partial charge >= 0.3 is 6.36 Å². The summed E-state index contributed by atoms with van der Waals surface area (Å²) in [5.41, 5.74) is 4.12. The van der Waals surface area contributed by atoms with E-state index in [0.717, 1.165) is 49.2 Å². The molecule has 0 bridgehead atoms. The Morgan fingerprint density at radius 2 is 1.75 bits per heavy atom. The zero-order valence-corrected chi connectivity index (χ0v) is 21.6. The largest absolute Gasteiger partial charge is 0.573 e. The molecule has 3 fully saturated rings. The topological polar surface area (TPSA) is 36.0 Å². The van der Waals surface area contributed by atoms with Crippen LogP contribution in [0.25, 0.3) is 0 Å². The number of amides is 1. The zero-order valence-electron chi connectivity index (χ0n) is 21.6. The molecular weight excluding hydrogens is 467 g/mol. The number of allylic oxidation sites excluding steroid dienone is 3. The first-order chi connectivity index (χ1) is 17.3. The number of likely N-dealkylation sites (tertiary alicyclic amines) is 1. The fraction of sp³-hybridized carbons (Fsp3) is 0.607. The second-order valence-corrected chi connectivity index (χ2v) is 9.98. The quantitative estimate of drug-likeness (QED) is 0.523. The number of rotatable bonds is 4. The molecule has 0 spiro atoms. The SMILES string of the molecule is CC.CC1=C2C(=O)N(Cc3ccc(OC(F)(F)F)cc3)CC2CCC(N2CCN3CCCCC3C2)=C1. The van der Waals surface area contributed by atoms with Crippen LogP contribution in [-0.2, 0) is 11.3 Å². The van der Waals surface area contributed by atoms with Crippen LogP contribution in [0.4, 0.5) is 13.2 Å². The number of carbonyl (C=O) groups excluding carboxylic acids is 1. The fourth-order valence-electron chi connectivity index (χ4n) is 6.05. The second kappa shape index (κ2) is 11.3. The Balaban J connectivity index is 0.00000148. The number of alkyl halides is 3. The van der Waals surface area contributed by atoms with Crippen molar-refractivity contribution in [2.75, 3.05) is 32.7 Å². The van der Waals surface area contributed by atoms with Crippen LogP contribution in [0.1, 0.15) is 58.4 Å². The molecule has 3 heterocycles. The van der Waals surface area contributed by atoms with Gasteiger partial charge in [-0.1, -0.05) is 32.4 Å². The van der Waals surface area contributed by atoms with E-state index < -0.39 is 6.36 Å². The molecular formula is C28H38F3N3O2. The molecule has 198 valence electrons. The number of halogens is 3. The van der Waals surface area contributed by atoms with Crippen molar-refractivity contribution >= 4 is 5.91 Å². The number of piperidine rings is 1. The third-order valence-corrected chi connectivity index (χ3v) is 7.70. The summed E-state index contributed by atoms with van der Waals surface area (Å²) < 4.78 is 41.1. The minimum atomic E-state index is -4.71. The van der Waals surface area contributed by atoms with Crippen molar-refractivity contribution < 1.29 is 22.7 Å². The predicted molar refractivity (Wildman–Crippen MR) is 134 cm³/mol. The van der Waals surface area contributed by atoms with Gasteiger partial charge in [0.1, 0.15) is 5.75 Å². The van der Waals surface area contributed by atoms with Gasteiger partial charge in [-0.15, -0.1) is 13.2 Å². The van der Waals surface area contributed by atoms with Gasteiger partial charge in [-0.25, -0.2) is 0 Å². The number of carbonyl (C=O) groups is 1. The molecule has 0 N–H and O–H groups in total. The Hall–Kier alpha value is -2.48. The Labute approximate surface area is 212 Å². The van der Waals surface area contributed by atoms with Gasteiger partial charge < -0.3 is 14.5 Å². The summed E-state index contributed by atoms with van der Waals surface area (Å²) in [6.07, 6.45) is 3.37. The van der Waals surface area contributed by atoms with Crippen molar-refractivity contribution in [2.24, 2.45) is 5.92 Å². The molecule has 1 aliphatic carbocycles. The van der Waals surface area contributed by atoms with Gasteiger partial charge in [0.05, 0.1) is 0 Å². The van der Waals surface area contributed by atoms with Gasteiger partial charge in [0, 0.05) is 56.0 Å². The molecule has 0 saturated carbocycles. The minimum absolute atomic E-state index is 0.0488. The maximum Gasteiger partial charge on any atom is 0.573 e. The van der Waals surface area contributed by atoms with E-state index in [1.807, 2.05) is 18.7 Å². The summed E-state index contributed by atoms with van der Waals surface area (Å²) in [4.78, 5) is 20.3. The average molecular weight is 506 g/mol. The normalized spacial score (nSPS) is 24.9. The lowest BCUT2D eigenvalue weighted by Crippen LogP contribution is -2.54. The molecule has 36 heavy (non-hydrogen) atoms. The maximum atomic E-state index is 13.3. The Bertz CT molecular complexity index is 987. The maximum absolute atomic E-state index is 13.3. The molecule has 1 aromatic rings. The number of nitrogens with zero attached hydrogens (tertiary/aromatic N) is 3. The number of ether oxygens (including phenoxy) is 1. The van der Waals surface area contributed by atoms with Gasteiger partial charge in [0.2, 0.25) is 0 Å². The highest BCUT2D eigenvalue weighted by molar-refractivity contribution is 5.97. The Morgan fingerprint density at radius 3 is 2.47 bits per heavy atom. The van der Waals surface area contributed by atoms with E-state index in [1.54, 1.807) is 12.1 Å². The summed E-state index contributed by atoms with van der Waals surface area (Å²) in [7, 11) is 0. The van der Waals surface area contributed by atoms with Gasteiger partial charge in [-0.05, 0) is 68.5 Å². The fourth-order valence-corrected chi connectivity index (χ4v) is 6.05. The van der Waals surface area contributed by atoms with Crippen LogP contribution >= 0.6 is 0 Å². The lowest BCUT2D eigenvalue weighted by Gasteiger charge is -2.45. The van der Waals surface area contributed by atoms with E-state index in [-0.39, 0.29) is 17.6 Å². The van der Waals surface area contributed by atoms with E-state index in [9.17, 15) is 18.0 Å². The molecule has 2 unspecified atom stereocenters. The van der Waals surface area contributed by atoms with Gasteiger partial charge in [-0.3, -0.25) is 9.69 Å². The first-order valence-corrected chi connectivity index (χ1v) is 13.3. The third-order valence-electron chi connectivity index (χ3n) is 7.70. The Morgan fingerprint density at radius 1 is 1.00 bits per heavy atom. The molecule has 0 radical (unpaired) electrons. The van der Waals surface area contributed by atoms with Crippen LogP contribution in [0.2, 0.25) is 0 Å². The third kappa shape index (κ3) is 6.07. The van der Waals surface area contributed by atoms with Crippen LogP contribution in [-0.4, -0.2) is 65.7 Å². The standard InChI is InChI=1S/C26H32F3N3O2.C2H6/c1-18-14-21(31-13-12-30-11-3-2-4-22(30)17-31)8-7-20-16-32(25(33)24(18)20)15-19-5-9-23(10-6-19)34-26(27,28)29;1-2/h5-6,9-10,14,20,22H,2-4,7-8,11-13,15-17H2,1H3;1-2H3. The van der Waals surface area contributed by atoms with Crippen LogP contribution in [0, 0.1) is 5.92 Å². The van der Waals surface area contributed by atoms with Crippen molar-refractivity contribution in [3.05, 3.63) is 52.7 Å². The molecule has 5 rings (SSSR count). The van der Waals surface area contributed by atoms with E-state index in [4.69, 9.17) is 0 Å². The predicted octanol–water partition coefficient (Wildman–Crippen LogP) is 5.73. The first kappa shape index (κ1) is 26.6. The number of piperazine rings is 1. The summed E-state index contributed by atoms with van der Waals surface area (Å²) >= 11 is 0. The van der Waals surface area contributed by atoms with Gasteiger partial charge in [-0.2, -0.15) is 0 Å². The monoisotopic (exact) mass is 505 g/mol. The Kier molecular flexibility index (Phi) is 8.33. The highest BCUT2D eigenvalue weighted by Crippen LogP contribution is 2.37. The molecule has 1 aromatic carbocycles. The lowest BCUT2D eigenvalue weighted by atomic mass is 9.95. The van der Waals surface area contributed by atoms with Crippen molar-refractivity contribution in [3.8, 4) is 5.75 Å².